The van der Waals surface area contributed by atoms with Gasteiger partial charge in [0.1, 0.15) is 13.2 Å². The van der Waals surface area contributed by atoms with Gasteiger partial charge in [-0.2, -0.15) is 0 Å². The third-order valence-electron chi connectivity index (χ3n) is 3.64. The van der Waals surface area contributed by atoms with E-state index >= 15 is 0 Å². The highest BCUT2D eigenvalue weighted by Crippen LogP contribution is 2.33. The zero-order chi connectivity index (χ0) is 15.7. The van der Waals surface area contributed by atoms with Gasteiger partial charge < -0.3 is 14.8 Å². The van der Waals surface area contributed by atoms with E-state index in [1.807, 2.05) is 18.2 Å². The zero-order valence-electron chi connectivity index (χ0n) is 13.0. The molecule has 0 amide bonds. The van der Waals surface area contributed by atoms with Crippen molar-refractivity contribution in [3.63, 3.8) is 0 Å². The van der Waals surface area contributed by atoms with Crippen molar-refractivity contribution < 1.29 is 17.9 Å². The molecule has 2 rings (SSSR count). The molecule has 1 atom stereocenters. The van der Waals surface area contributed by atoms with Gasteiger partial charge >= 0.3 is 0 Å². The molecule has 21 heavy (non-hydrogen) atoms. The highest BCUT2D eigenvalue weighted by molar-refractivity contribution is 7.92. The van der Waals surface area contributed by atoms with Gasteiger partial charge in [-0.25, -0.2) is 8.42 Å². The summed E-state index contributed by atoms with van der Waals surface area (Å²) in [6.07, 6.45) is 0. The standard InChI is InChI=1S/C15H23NO4S/c1-15(2,3)21(17,18)10-12(16-4)11-5-6-13-14(9-11)20-8-7-19-13/h5-6,9,12,16H,7-8,10H2,1-4H3. The van der Waals surface area contributed by atoms with Crippen LogP contribution >= 0.6 is 0 Å². The Labute approximate surface area is 126 Å². The Hall–Kier alpha value is -1.27. The lowest BCUT2D eigenvalue weighted by molar-refractivity contribution is 0.171. The van der Waals surface area contributed by atoms with Gasteiger partial charge in [-0.15, -0.1) is 0 Å². The van der Waals surface area contributed by atoms with Gasteiger partial charge in [-0.3, -0.25) is 0 Å². The van der Waals surface area contributed by atoms with Gasteiger partial charge in [0.2, 0.25) is 0 Å². The van der Waals surface area contributed by atoms with Gasteiger partial charge in [0, 0.05) is 6.04 Å². The Kier molecular flexibility index (Phi) is 4.49. The summed E-state index contributed by atoms with van der Waals surface area (Å²) < 4.78 is 35.0. The van der Waals surface area contributed by atoms with E-state index in [0.29, 0.717) is 24.7 Å². The molecule has 1 aromatic carbocycles. The van der Waals surface area contributed by atoms with Crippen LogP contribution in [0, 0.1) is 0 Å². The topological polar surface area (TPSA) is 64.6 Å². The number of nitrogens with one attached hydrogen (secondary N) is 1. The van der Waals surface area contributed by atoms with E-state index in [4.69, 9.17) is 9.47 Å². The van der Waals surface area contributed by atoms with Crippen molar-refractivity contribution in [1.29, 1.82) is 0 Å². The first-order valence-corrected chi connectivity index (χ1v) is 8.69. The molecule has 5 nitrogen and oxygen atoms in total. The molecule has 1 aromatic rings. The highest BCUT2D eigenvalue weighted by Gasteiger charge is 2.32. The van der Waals surface area contributed by atoms with Crippen molar-refractivity contribution in [2.75, 3.05) is 26.0 Å². The lowest BCUT2D eigenvalue weighted by Gasteiger charge is -2.25. The molecule has 0 fully saturated rings. The minimum absolute atomic E-state index is 0.0483. The molecular weight excluding hydrogens is 290 g/mol. The summed E-state index contributed by atoms with van der Waals surface area (Å²) in [5.41, 5.74) is 0.884. The molecule has 0 aromatic heterocycles. The predicted octanol–water partition coefficient (Wildman–Crippen LogP) is 1.93. The fourth-order valence-electron chi connectivity index (χ4n) is 2.09. The second-order valence-electron chi connectivity index (χ2n) is 6.14. The van der Waals surface area contributed by atoms with E-state index in [0.717, 1.165) is 5.56 Å². The minimum atomic E-state index is -3.21. The Morgan fingerprint density at radius 2 is 1.81 bits per heavy atom. The molecule has 1 aliphatic rings. The molecule has 0 bridgehead atoms. The average molecular weight is 313 g/mol. The van der Waals surface area contributed by atoms with Crippen LogP contribution in [-0.2, 0) is 9.84 Å². The molecule has 118 valence electrons. The molecule has 1 aliphatic heterocycles. The molecule has 0 saturated heterocycles. The summed E-state index contributed by atoms with van der Waals surface area (Å²) >= 11 is 0. The van der Waals surface area contributed by atoms with Crippen LogP contribution < -0.4 is 14.8 Å². The summed E-state index contributed by atoms with van der Waals surface area (Å²) in [6.45, 7) is 6.22. The maximum atomic E-state index is 12.4. The van der Waals surface area contributed by atoms with Crippen molar-refractivity contribution in [1.82, 2.24) is 5.32 Å². The van der Waals surface area contributed by atoms with Crippen molar-refractivity contribution in [2.45, 2.75) is 31.6 Å². The van der Waals surface area contributed by atoms with Gasteiger partial charge in [0.25, 0.3) is 0 Å². The predicted molar refractivity (Wildman–Crippen MR) is 82.8 cm³/mol. The fraction of sp³-hybridized carbons (Fsp3) is 0.600. The number of hydrogen-bond acceptors (Lipinski definition) is 5. The van der Waals surface area contributed by atoms with E-state index in [2.05, 4.69) is 5.32 Å². The third-order valence-corrected chi connectivity index (χ3v) is 6.27. The number of fused-ring (bicyclic) bond motifs is 1. The van der Waals surface area contributed by atoms with E-state index in [9.17, 15) is 8.42 Å². The second-order valence-corrected chi connectivity index (χ2v) is 8.93. The van der Waals surface area contributed by atoms with Crippen LogP contribution in [0.1, 0.15) is 32.4 Å². The van der Waals surface area contributed by atoms with E-state index in [1.54, 1.807) is 27.8 Å². The Morgan fingerprint density at radius 1 is 1.19 bits per heavy atom. The van der Waals surface area contributed by atoms with Crippen molar-refractivity contribution >= 4 is 9.84 Å². The first-order chi connectivity index (χ1) is 9.74. The van der Waals surface area contributed by atoms with E-state index < -0.39 is 14.6 Å². The maximum Gasteiger partial charge on any atom is 0.161 e. The van der Waals surface area contributed by atoms with Crippen LogP contribution in [0.3, 0.4) is 0 Å². The number of sulfone groups is 1. The van der Waals surface area contributed by atoms with Crippen molar-refractivity contribution in [3.8, 4) is 11.5 Å². The summed E-state index contributed by atoms with van der Waals surface area (Å²) in [7, 11) is -1.45. The van der Waals surface area contributed by atoms with E-state index in [1.165, 1.54) is 0 Å². The monoisotopic (exact) mass is 313 g/mol. The highest BCUT2D eigenvalue weighted by atomic mass is 32.2. The van der Waals surface area contributed by atoms with Crippen LogP contribution in [0.4, 0.5) is 0 Å². The van der Waals surface area contributed by atoms with Gasteiger partial charge in [-0.05, 0) is 45.5 Å². The van der Waals surface area contributed by atoms with Crippen LogP contribution in [0.5, 0.6) is 11.5 Å². The summed E-state index contributed by atoms with van der Waals surface area (Å²) in [6, 6.07) is 5.29. The Bertz CT molecular complexity index is 605. The summed E-state index contributed by atoms with van der Waals surface area (Å²) in [4.78, 5) is 0. The zero-order valence-corrected chi connectivity index (χ0v) is 13.8. The number of ether oxygens (including phenoxy) is 2. The molecular formula is C15H23NO4S. The van der Waals surface area contributed by atoms with Gasteiger partial charge in [0.15, 0.2) is 21.3 Å². The Balaban J connectivity index is 2.26. The summed E-state index contributed by atoms with van der Waals surface area (Å²) in [5.74, 6) is 1.43. The number of hydrogen-bond donors (Lipinski definition) is 1. The largest absolute Gasteiger partial charge is 0.486 e. The second kappa shape index (κ2) is 5.85. The van der Waals surface area contributed by atoms with Crippen LogP contribution in [0.25, 0.3) is 0 Å². The molecule has 0 radical (unpaired) electrons. The lowest BCUT2D eigenvalue weighted by Crippen LogP contribution is -2.36. The normalized spacial score (nSPS) is 16.6. The molecule has 0 saturated carbocycles. The molecule has 1 unspecified atom stereocenters. The quantitative estimate of drug-likeness (QED) is 0.920. The van der Waals surface area contributed by atoms with Crippen LogP contribution in [0.15, 0.2) is 18.2 Å². The van der Waals surface area contributed by atoms with Crippen molar-refractivity contribution in [3.05, 3.63) is 23.8 Å². The Morgan fingerprint density at radius 3 is 2.38 bits per heavy atom. The van der Waals surface area contributed by atoms with Gasteiger partial charge in [-0.1, -0.05) is 6.07 Å². The molecule has 0 spiro atoms. The SMILES string of the molecule is CNC(CS(=O)(=O)C(C)(C)C)c1ccc2c(c1)OCCO2. The number of benzene rings is 1. The molecule has 1 N–H and O–H groups in total. The molecule has 6 heteroatoms. The smallest absolute Gasteiger partial charge is 0.161 e. The first-order valence-electron chi connectivity index (χ1n) is 7.04. The van der Waals surface area contributed by atoms with Crippen molar-refractivity contribution in [2.24, 2.45) is 0 Å². The molecule has 1 heterocycles. The number of rotatable bonds is 4. The first kappa shape index (κ1) is 16.1. The fourth-order valence-corrected chi connectivity index (χ4v) is 3.39. The minimum Gasteiger partial charge on any atom is -0.486 e. The maximum absolute atomic E-state index is 12.4. The van der Waals surface area contributed by atoms with Crippen LogP contribution in [0.2, 0.25) is 0 Å². The molecule has 0 aliphatic carbocycles. The average Bonchev–Trinajstić information content (AvgIpc) is 2.43. The third kappa shape index (κ3) is 3.49. The van der Waals surface area contributed by atoms with Gasteiger partial charge in [0.05, 0.1) is 10.5 Å². The van der Waals surface area contributed by atoms with Crippen LogP contribution in [-0.4, -0.2) is 39.2 Å². The lowest BCUT2D eigenvalue weighted by atomic mass is 10.1. The van der Waals surface area contributed by atoms with E-state index in [-0.39, 0.29) is 11.8 Å². The summed E-state index contributed by atoms with van der Waals surface area (Å²) in [5, 5.41) is 3.08.